The van der Waals surface area contributed by atoms with E-state index in [4.69, 9.17) is 0 Å². The average molecular weight is 164 g/mol. The van der Waals surface area contributed by atoms with E-state index in [0.717, 1.165) is 6.54 Å². The monoisotopic (exact) mass is 164 g/mol. The number of hydrogen-bond acceptors (Lipinski definition) is 2. The van der Waals surface area contributed by atoms with Crippen molar-refractivity contribution in [2.24, 2.45) is 0 Å². The lowest BCUT2D eigenvalue weighted by Gasteiger charge is -2.12. The molecule has 1 N–H and O–H groups in total. The van der Waals surface area contributed by atoms with Crippen LogP contribution in [-0.4, -0.2) is 20.6 Å². The van der Waals surface area contributed by atoms with Crippen molar-refractivity contribution in [3.8, 4) is 0 Å². The molecular weight excluding hydrogens is 148 g/mol. The summed E-state index contributed by atoms with van der Waals surface area (Å²) in [7, 11) is 4.09. The van der Waals surface area contributed by atoms with Gasteiger partial charge in [-0.1, -0.05) is 0 Å². The second-order valence-electron chi connectivity index (χ2n) is 2.97. The first-order chi connectivity index (χ1) is 5.74. The number of anilines is 2. The van der Waals surface area contributed by atoms with Crippen LogP contribution in [0.5, 0.6) is 0 Å². The Morgan fingerprint density at radius 1 is 1.17 bits per heavy atom. The fourth-order valence-electron chi connectivity index (χ4n) is 1.08. The minimum atomic E-state index is 0.974. The summed E-state index contributed by atoms with van der Waals surface area (Å²) >= 11 is 0. The molecule has 0 spiro atoms. The molecule has 1 aromatic carbocycles. The number of nitrogens with one attached hydrogen (secondary N) is 1. The van der Waals surface area contributed by atoms with Crippen LogP contribution in [0.1, 0.15) is 6.92 Å². The Bertz CT molecular complexity index is 226. The molecule has 0 aliphatic rings. The van der Waals surface area contributed by atoms with Gasteiger partial charge in [0.1, 0.15) is 0 Å². The smallest absolute Gasteiger partial charge is 0.0362 e. The lowest BCUT2D eigenvalue weighted by atomic mass is 10.2. The molecule has 2 nitrogen and oxygen atoms in total. The molecule has 0 heterocycles. The summed E-state index contributed by atoms with van der Waals surface area (Å²) in [4.78, 5) is 2.09. The molecule has 0 aromatic heterocycles. The van der Waals surface area contributed by atoms with Gasteiger partial charge < -0.3 is 10.2 Å². The van der Waals surface area contributed by atoms with E-state index < -0.39 is 0 Å². The second kappa shape index (κ2) is 4.00. The summed E-state index contributed by atoms with van der Waals surface area (Å²) < 4.78 is 0. The van der Waals surface area contributed by atoms with Gasteiger partial charge in [0.05, 0.1) is 0 Å². The van der Waals surface area contributed by atoms with E-state index >= 15 is 0 Å². The van der Waals surface area contributed by atoms with Gasteiger partial charge in [-0.15, -0.1) is 0 Å². The average Bonchev–Trinajstić information content (AvgIpc) is 2.06. The maximum Gasteiger partial charge on any atom is 0.0362 e. The fraction of sp³-hybridized carbons (Fsp3) is 0.400. The highest BCUT2D eigenvalue weighted by molar-refractivity contribution is 5.54. The SMILES string of the molecule is CCNc1ccc(N(C)C)cc1. The van der Waals surface area contributed by atoms with E-state index in [0.29, 0.717) is 0 Å². The highest BCUT2D eigenvalue weighted by Gasteiger charge is 1.93. The van der Waals surface area contributed by atoms with E-state index in [1.807, 2.05) is 14.1 Å². The van der Waals surface area contributed by atoms with E-state index in [-0.39, 0.29) is 0 Å². The molecule has 0 atom stereocenters. The second-order valence-corrected chi connectivity index (χ2v) is 2.97. The molecule has 2 heteroatoms. The highest BCUT2D eigenvalue weighted by atomic mass is 15.1. The first kappa shape index (κ1) is 8.91. The minimum absolute atomic E-state index is 0.974. The molecule has 0 radical (unpaired) electrons. The summed E-state index contributed by atoms with van der Waals surface area (Å²) in [5.41, 5.74) is 2.42. The zero-order chi connectivity index (χ0) is 8.97. The predicted molar refractivity (Wildman–Crippen MR) is 54.9 cm³/mol. The van der Waals surface area contributed by atoms with Gasteiger partial charge in [-0.05, 0) is 31.2 Å². The van der Waals surface area contributed by atoms with E-state index in [2.05, 4.69) is 41.4 Å². The number of benzene rings is 1. The van der Waals surface area contributed by atoms with Crippen molar-refractivity contribution in [2.45, 2.75) is 6.92 Å². The Hall–Kier alpha value is -1.18. The van der Waals surface area contributed by atoms with Crippen LogP contribution in [0.15, 0.2) is 24.3 Å². The first-order valence-corrected chi connectivity index (χ1v) is 4.25. The van der Waals surface area contributed by atoms with Gasteiger partial charge in [-0.3, -0.25) is 0 Å². The van der Waals surface area contributed by atoms with E-state index in [1.165, 1.54) is 11.4 Å². The van der Waals surface area contributed by atoms with Crippen molar-refractivity contribution in [3.05, 3.63) is 24.3 Å². The summed E-state index contributed by atoms with van der Waals surface area (Å²) in [5, 5.41) is 3.26. The third kappa shape index (κ3) is 2.16. The van der Waals surface area contributed by atoms with E-state index in [9.17, 15) is 0 Å². The number of rotatable bonds is 3. The number of hydrogen-bond donors (Lipinski definition) is 1. The van der Waals surface area contributed by atoms with Gasteiger partial charge in [-0.25, -0.2) is 0 Å². The standard InChI is InChI=1S/C10H16N2/c1-4-11-9-5-7-10(8-6-9)12(2)3/h5-8,11H,4H2,1-3H3. The van der Waals surface area contributed by atoms with Gasteiger partial charge in [0.15, 0.2) is 0 Å². The quantitative estimate of drug-likeness (QED) is 0.736. The van der Waals surface area contributed by atoms with Crippen molar-refractivity contribution in [3.63, 3.8) is 0 Å². The molecule has 1 aromatic rings. The molecule has 0 fully saturated rings. The molecule has 1 rings (SSSR count). The largest absolute Gasteiger partial charge is 0.385 e. The highest BCUT2D eigenvalue weighted by Crippen LogP contribution is 2.14. The van der Waals surface area contributed by atoms with Crippen molar-refractivity contribution < 1.29 is 0 Å². The van der Waals surface area contributed by atoms with E-state index in [1.54, 1.807) is 0 Å². The Labute approximate surface area is 74.2 Å². The third-order valence-corrected chi connectivity index (χ3v) is 1.76. The Balaban J connectivity index is 2.71. The van der Waals surface area contributed by atoms with Crippen LogP contribution in [0, 0.1) is 0 Å². The summed E-state index contributed by atoms with van der Waals surface area (Å²) in [6, 6.07) is 8.41. The zero-order valence-corrected chi connectivity index (χ0v) is 7.96. The van der Waals surface area contributed by atoms with Crippen LogP contribution in [0.2, 0.25) is 0 Å². The Morgan fingerprint density at radius 3 is 2.17 bits per heavy atom. The zero-order valence-electron chi connectivity index (χ0n) is 7.96. The molecular formula is C10H16N2. The topological polar surface area (TPSA) is 15.3 Å². The predicted octanol–water partition coefficient (Wildman–Crippen LogP) is 2.18. The van der Waals surface area contributed by atoms with Gasteiger partial charge in [0.2, 0.25) is 0 Å². The Morgan fingerprint density at radius 2 is 1.75 bits per heavy atom. The van der Waals surface area contributed by atoms with Crippen molar-refractivity contribution in [1.82, 2.24) is 0 Å². The maximum absolute atomic E-state index is 3.26. The van der Waals surface area contributed by atoms with Crippen LogP contribution in [0.25, 0.3) is 0 Å². The van der Waals surface area contributed by atoms with Gasteiger partial charge >= 0.3 is 0 Å². The molecule has 0 saturated heterocycles. The molecule has 0 bridgehead atoms. The van der Waals surface area contributed by atoms with Gasteiger partial charge in [0, 0.05) is 32.0 Å². The minimum Gasteiger partial charge on any atom is -0.385 e. The molecule has 0 aliphatic heterocycles. The normalized spacial score (nSPS) is 9.58. The third-order valence-electron chi connectivity index (χ3n) is 1.76. The molecule has 66 valence electrons. The lowest BCUT2D eigenvalue weighted by molar-refractivity contribution is 1.13. The lowest BCUT2D eigenvalue weighted by Crippen LogP contribution is -2.08. The molecule has 0 amide bonds. The van der Waals surface area contributed by atoms with Crippen LogP contribution in [0.4, 0.5) is 11.4 Å². The van der Waals surface area contributed by atoms with Crippen LogP contribution < -0.4 is 10.2 Å². The fourth-order valence-corrected chi connectivity index (χ4v) is 1.08. The number of nitrogens with zero attached hydrogens (tertiary/aromatic N) is 1. The molecule has 12 heavy (non-hydrogen) atoms. The molecule has 0 saturated carbocycles. The van der Waals surface area contributed by atoms with Crippen LogP contribution in [-0.2, 0) is 0 Å². The molecule has 0 unspecified atom stereocenters. The maximum atomic E-state index is 3.26. The van der Waals surface area contributed by atoms with Crippen molar-refractivity contribution >= 4 is 11.4 Å². The first-order valence-electron chi connectivity index (χ1n) is 4.25. The van der Waals surface area contributed by atoms with Crippen molar-refractivity contribution in [1.29, 1.82) is 0 Å². The Kier molecular flexibility index (Phi) is 2.97. The molecule has 0 aliphatic carbocycles. The van der Waals surface area contributed by atoms with Gasteiger partial charge in [-0.2, -0.15) is 0 Å². The van der Waals surface area contributed by atoms with Crippen LogP contribution >= 0.6 is 0 Å². The van der Waals surface area contributed by atoms with Crippen LogP contribution in [0.3, 0.4) is 0 Å². The summed E-state index contributed by atoms with van der Waals surface area (Å²) in [5.74, 6) is 0. The summed E-state index contributed by atoms with van der Waals surface area (Å²) in [6.07, 6.45) is 0. The summed E-state index contributed by atoms with van der Waals surface area (Å²) in [6.45, 7) is 3.07. The van der Waals surface area contributed by atoms with Gasteiger partial charge in [0.25, 0.3) is 0 Å². The van der Waals surface area contributed by atoms with Crippen molar-refractivity contribution in [2.75, 3.05) is 30.9 Å².